The van der Waals surface area contributed by atoms with E-state index in [4.69, 9.17) is 16.3 Å². The van der Waals surface area contributed by atoms with Crippen LogP contribution < -0.4 is 0 Å². The standard InChI is InChI=1S/C26H19BrClNO3/c1-15-3-4-18(11-16(15)2)25(30)14-32-26(31)22-13-24(17-5-8-20(28)9-6-17)29-23-10-7-19(27)12-21(22)23/h3-13H,14H2,1-2H3. The molecule has 0 radical (unpaired) electrons. The number of hydrogen-bond donors (Lipinski definition) is 0. The number of aryl methyl sites for hydroxylation is 2. The number of esters is 1. The molecule has 0 aliphatic heterocycles. The molecule has 1 heterocycles. The molecule has 0 N–H and O–H groups in total. The Morgan fingerprint density at radius 3 is 2.41 bits per heavy atom. The number of rotatable bonds is 5. The minimum atomic E-state index is -0.581. The quantitative estimate of drug-likeness (QED) is 0.216. The molecule has 4 rings (SSSR count). The second-order valence-corrected chi connectivity index (χ2v) is 8.87. The molecule has 32 heavy (non-hydrogen) atoms. The molecular weight excluding hydrogens is 490 g/mol. The molecule has 0 spiro atoms. The van der Waals surface area contributed by atoms with Gasteiger partial charge in [0.25, 0.3) is 0 Å². The summed E-state index contributed by atoms with van der Waals surface area (Å²) in [4.78, 5) is 30.3. The molecule has 0 fully saturated rings. The number of halogens is 2. The highest BCUT2D eigenvalue weighted by Crippen LogP contribution is 2.28. The van der Waals surface area contributed by atoms with E-state index in [1.54, 1.807) is 24.3 Å². The predicted molar refractivity (Wildman–Crippen MR) is 130 cm³/mol. The first-order chi connectivity index (χ1) is 15.3. The molecule has 4 aromatic rings. The van der Waals surface area contributed by atoms with Crippen molar-refractivity contribution in [2.45, 2.75) is 13.8 Å². The lowest BCUT2D eigenvalue weighted by Gasteiger charge is -2.11. The molecule has 0 aliphatic carbocycles. The van der Waals surface area contributed by atoms with Gasteiger partial charge in [-0.2, -0.15) is 0 Å². The molecular formula is C26H19BrClNO3. The van der Waals surface area contributed by atoms with E-state index in [0.717, 1.165) is 21.2 Å². The fourth-order valence-electron chi connectivity index (χ4n) is 3.34. The van der Waals surface area contributed by atoms with E-state index in [-0.39, 0.29) is 12.4 Å². The van der Waals surface area contributed by atoms with Crippen LogP contribution in [0.15, 0.2) is 71.2 Å². The third-order valence-electron chi connectivity index (χ3n) is 5.29. The third kappa shape index (κ3) is 4.74. The Balaban J connectivity index is 1.66. The summed E-state index contributed by atoms with van der Waals surface area (Å²) < 4.78 is 6.23. The lowest BCUT2D eigenvalue weighted by Crippen LogP contribution is -2.15. The molecule has 1 aromatic heterocycles. The smallest absolute Gasteiger partial charge is 0.339 e. The summed E-state index contributed by atoms with van der Waals surface area (Å²) in [6.07, 6.45) is 0. The van der Waals surface area contributed by atoms with Crippen LogP contribution in [0.3, 0.4) is 0 Å². The molecule has 160 valence electrons. The Labute approximate surface area is 199 Å². The third-order valence-corrected chi connectivity index (χ3v) is 6.04. The van der Waals surface area contributed by atoms with Gasteiger partial charge in [0.1, 0.15) is 0 Å². The number of hydrogen-bond acceptors (Lipinski definition) is 4. The second kappa shape index (κ2) is 9.23. The van der Waals surface area contributed by atoms with Gasteiger partial charge < -0.3 is 4.74 Å². The zero-order valence-electron chi connectivity index (χ0n) is 17.5. The first-order valence-corrected chi connectivity index (χ1v) is 11.1. The predicted octanol–water partition coefficient (Wildman–Crippen LogP) is 6.97. The van der Waals surface area contributed by atoms with Crippen LogP contribution >= 0.6 is 27.5 Å². The molecule has 0 aliphatic rings. The molecule has 0 saturated carbocycles. The molecule has 0 saturated heterocycles. The topological polar surface area (TPSA) is 56.3 Å². The van der Waals surface area contributed by atoms with Crippen molar-refractivity contribution in [2.75, 3.05) is 6.61 Å². The maximum Gasteiger partial charge on any atom is 0.339 e. The average Bonchev–Trinajstić information content (AvgIpc) is 2.79. The number of carbonyl (C=O) groups is 2. The fourth-order valence-corrected chi connectivity index (χ4v) is 3.83. The lowest BCUT2D eigenvalue weighted by atomic mass is 10.0. The Morgan fingerprint density at radius 1 is 0.938 bits per heavy atom. The average molecular weight is 509 g/mol. The number of ether oxygens (including phenoxy) is 1. The molecule has 0 amide bonds. The number of fused-ring (bicyclic) bond motifs is 1. The summed E-state index contributed by atoms with van der Waals surface area (Å²) in [7, 11) is 0. The van der Waals surface area contributed by atoms with Crippen molar-refractivity contribution in [3.8, 4) is 11.3 Å². The molecule has 6 heteroatoms. The maximum atomic E-state index is 13.0. The largest absolute Gasteiger partial charge is 0.454 e. The van der Waals surface area contributed by atoms with Crippen LogP contribution in [0.25, 0.3) is 22.2 Å². The van der Waals surface area contributed by atoms with E-state index < -0.39 is 5.97 Å². The van der Waals surface area contributed by atoms with Gasteiger partial charge in [0.15, 0.2) is 12.4 Å². The first kappa shape index (κ1) is 22.2. The summed E-state index contributed by atoms with van der Waals surface area (Å²) in [5.74, 6) is -0.832. The number of aromatic nitrogens is 1. The van der Waals surface area contributed by atoms with Crippen LogP contribution in [0.1, 0.15) is 31.8 Å². The number of Topliss-reactive ketones (excluding diaryl/α,β-unsaturated/α-hetero) is 1. The van der Waals surface area contributed by atoms with E-state index in [9.17, 15) is 9.59 Å². The number of ketones is 1. The molecule has 4 nitrogen and oxygen atoms in total. The minimum Gasteiger partial charge on any atom is -0.454 e. The van der Waals surface area contributed by atoms with Gasteiger partial charge in [-0.1, -0.05) is 51.8 Å². The van der Waals surface area contributed by atoms with Crippen molar-refractivity contribution in [1.82, 2.24) is 4.98 Å². The minimum absolute atomic E-state index is 0.251. The van der Waals surface area contributed by atoms with Crippen LogP contribution in [0, 0.1) is 13.8 Å². The van der Waals surface area contributed by atoms with Crippen molar-refractivity contribution < 1.29 is 14.3 Å². The Morgan fingerprint density at radius 2 is 1.69 bits per heavy atom. The van der Waals surface area contributed by atoms with Gasteiger partial charge >= 0.3 is 5.97 Å². The van der Waals surface area contributed by atoms with E-state index in [2.05, 4.69) is 20.9 Å². The Hall–Kier alpha value is -3.02. The highest BCUT2D eigenvalue weighted by atomic mass is 79.9. The van der Waals surface area contributed by atoms with Crippen molar-refractivity contribution >= 4 is 50.2 Å². The summed E-state index contributed by atoms with van der Waals surface area (Å²) in [6, 6.07) is 19.8. The maximum absolute atomic E-state index is 13.0. The monoisotopic (exact) mass is 507 g/mol. The molecule has 0 bridgehead atoms. The van der Waals surface area contributed by atoms with Gasteiger partial charge in [0.2, 0.25) is 0 Å². The Bertz CT molecular complexity index is 1350. The second-order valence-electron chi connectivity index (χ2n) is 7.52. The SMILES string of the molecule is Cc1ccc(C(=O)COC(=O)c2cc(-c3ccc(Cl)cc3)nc3ccc(Br)cc23)cc1C. The van der Waals surface area contributed by atoms with Crippen molar-refractivity contribution in [3.63, 3.8) is 0 Å². The van der Waals surface area contributed by atoms with Gasteiger partial charge in [-0.05, 0) is 67.4 Å². The zero-order chi connectivity index (χ0) is 22.8. The summed E-state index contributed by atoms with van der Waals surface area (Å²) in [6.45, 7) is 3.58. The summed E-state index contributed by atoms with van der Waals surface area (Å²) >= 11 is 9.45. The summed E-state index contributed by atoms with van der Waals surface area (Å²) in [5, 5.41) is 1.25. The number of pyridine rings is 1. The highest BCUT2D eigenvalue weighted by Gasteiger charge is 2.18. The van der Waals surface area contributed by atoms with E-state index in [1.165, 1.54) is 0 Å². The van der Waals surface area contributed by atoms with Crippen molar-refractivity contribution in [2.24, 2.45) is 0 Å². The van der Waals surface area contributed by atoms with Crippen molar-refractivity contribution in [3.05, 3.63) is 98.5 Å². The van der Waals surface area contributed by atoms with Crippen LogP contribution in [-0.4, -0.2) is 23.3 Å². The van der Waals surface area contributed by atoms with Gasteiger partial charge in [0.05, 0.1) is 16.8 Å². The van der Waals surface area contributed by atoms with Crippen molar-refractivity contribution in [1.29, 1.82) is 0 Å². The van der Waals surface area contributed by atoms with Gasteiger partial charge in [-0.15, -0.1) is 0 Å². The normalized spacial score (nSPS) is 10.9. The molecule has 0 atom stereocenters. The summed E-state index contributed by atoms with van der Waals surface area (Å²) in [5.41, 5.74) is 5.05. The zero-order valence-corrected chi connectivity index (χ0v) is 19.8. The lowest BCUT2D eigenvalue weighted by molar-refractivity contribution is 0.0476. The van der Waals surface area contributed by atoms with Gasteiger partial charge in [0, 0.05) is 26.0 Å². The number of benzene rings is 3. The first-order valence-electron chi connectivity index (χ1n) is 9.95. The molecule has 3 aromatic carbocycles. The van der Waals surface area contributed by atoms with E-state index in [0.29, 0.717) is 32.7 Å². The van der Waals surface area contributed by atoms with Gasteiger partial charge in [-0.3, -0.25) is 4.79 Å². The Kier molecular flexibility index (Phi) is 6.40. The molecule has 0 unspecified atom stereocenters. The van der Waals surface area contributed by atoms with Crippen LogP contribution in [0.4, 0.5) is 0 Å². The van der Waals surface area contributed by atoms with E-state index >= 15 is 0 Å². The van der Waals surface area contributed by atoms with E-state index in [1.807, 2.05) is 56.3 Å². The number of nitrogens with zero attached hydrogens (tertiary/aromatic N) is 1. The highest BCUT2D eigenvalue weighted by molar-refractivity contribution is 9.10. The van der Waals surface area contributed by atoms with Gasteiger partial charge in [-0.25, -0.2) is 9.78 Å². The fraction of sp³-hybridized carbons (Fsp3) is 0.115. The van der Waals surface area contributed by atoms with Crippen LogP contribution in [0.5, 0.6) is 0 Å². The number of carbonyl (C=O) groups excluding carboxylic acids is 2. The van der Waals surface area contributed by atoms with Crippen LogP contribution in [-0.2, 0) is 4.74 Å². The van der Waals surface area contributed by atoms with Crippen LogP contribution in [0.2, 0.25) is 5.02 Å².